The van der Waals surface area contributed by atoms with Crippen LogP contribution in [-0.4, -0.2) is 7.05 Å². The average molecular weight is 274 g/mol. The summed E-state index contributed by atoms with van der Waals surface area (Å²) in [5.41, 5.74) is 1.01. The van der Waals surface area contributed by atoms with Crippen molar-refractivity contribution in [3.8, 4) is 0 Å². The molecule has 0 aromatic heterocycles. The maximum Gasteiger partial charge on any atom is 0.123 e. The molecule has 1 N–H and O–H groups in total. The minimum atomic E-state index is -0.197. The van der Waals surface area contributed by atoms with E-state index in [0.29, 0.717) is 0 Å². The Kier molecular flexibility index (Phi) is 3.90. The minimum Gasteiger partial charge on any atom is -0.313 e. The van der Waals surface area contributed by atoms with Crippen molar-refractivity contribution in [2.75, 3.05) is 7.05 Å². The van der Waals surface area contributed by atoms with Crippen LogP contribution in [-0.2, 0) is 0 Å². The highest BCUT2D eigenvalue weighted by molar-refractivity contribution is 9.10. The standard InChI is InChI=1S/C12H17BrFN/c1-12(2,3)11(15-4)9-7-8(14)5-6-10(9)13/h5-7,11,15H,1-4H3. The summed E-state index contributed by atoms with van der Waals surface area (Å²) in [4.78, 5) is 0. The predicted molar refractivity (Wildman–Crippen MR) is 65.4 cm³/mol. The third-order valence-electron chi connectivity index (χ3n) is 2.42. The van der Waals surface area contributed by atoms with Gasteiger partial charge in [0.05, 0.1) is 0 Å². The molecule has 0 aliphatic carbocycles. The zero-order chi connectivity index (χ0) is 11.6. The van der Waals surface area contributed by atoms with Gasteiger partial charge in [-0.1, -0.05) is 36.7 Å². The van der Waals surface area contributed by atoms with E-state index in [1.807, 2.05) is 7.05 Å². The fraction of sp³-hybridized carbons (Fsp3) is 0.500. The van der Waals surface area contributed by atoms with Gasteiger partial charge in [0.1, 0.15) is 5.82 Å². The van der Waals surface area contributed by atoms with Crippen molar-refractivity contribution in [3.05, 3.63) is 34.1 Å². The molecule has 1 nitrogen and oxygen atoms in total. The molecule has 0 heterocycles. The average Bonchev–Trinajstić information content (AvgIpc) is 2.10. The molecule has 0 amide bonds. The summed E-state index contributed by atoms with van der Waals surface area (Å²) in [6.45, 7) is 6.39. The number of hydrogen-bond donors (Lipinski definition) is 1. The van der Waals surface area contributed by atoms with Crippen molar-refractivity contribution in [2.45, 2.75) is 26.8 Å². The largest absolute Gasteiger partial charge is 0.313 e. The molecule has 0 saturated carbocycles. The predicted octanol–water partition coefficient (Wildman–Crippen LogP) is 3.89. The molecule has 0 spiro atoms. The second-order valence-electron chi connectivity index (χ2n) is 4.75. The molecule has 1 rings (SSSR count). The highest BCUT2D eigenvalue weighted by atomic mass is 79.9. The number of halogens is 2. The first kappa shape index (κ1) is 12.7. The molecule has 0 radical (unpaired) electrons. The second-order valence-corrected chi connectivity index (χ2v) is 5.61. The Bertz CT molecular complexity index is 344. The Hall–Kier alpha value is -0.410. The lowest BCUT2D eigenvalue weighted by Gasteiger charge is -2.31. The quantitative estimate of drug-likeness (QED) is 0.862. The molecule has 3 heteroatoms. The van der Waals surface area contributed by atoms with Crippen LogP contribution in [0, 0.1) is 11.2 Å². The lowest BCUT2D eigenvalue weighted by molar-refractivity contribution is 0.285. The molecular formula is C12H17BrFN. The van der Waals surface area contributed by atoms with Crippen LogP contribution in [0.5, 0.6) is 0 Å². The molecule has 84 valence electrons. The van der Waals surface area contributed by atoms with Crippen molar-refractivity contribution in [1.29, 1.82) is 0 Å². The number of benzene rings is 1. The molecule has 0 aliphatic heterocycles. The summed E-state index contributed by atoms with van der Waals surface area (Å²) in [5, 5.41) is 3.23. The molecule has 1 aromatic carbocycles. The molecular weight excluding hydrogens is 257 g/mol. The minimum absolute atomic E-state index is 0.0467. The van der Waals surface area contributed by atoms with Crippen molar-refractivity contribution >= 4 is 15.9 Å². The fourth-order valence-electron chi connectivity index (χ4n) is 1.79. The molecule has 0 bridgehead atoms. The Morgan fingerprint density at radius 3 is 2.40 bits per heavy atom. The lowest BCUT2D eigenvalue weighted by Crippen LogP contribution is -2.30. The summed E-state index contributed by atoms with van der Waals surface area (Å²) in [6, 6.07) is 4.92. The zero-order valence-corrected chi connectivity index (χ0v) is 11.2. The van der Waals surface area contributed by atoms with Crippen LogP contribution in [0.3, 0.4) is 0 Å². The molecule has 0 saturated heterocycles. The maximum absolute atomic E-state index is 13.2. The smallest absolute Gasteiger partial charge is 0.123 e. The molecule has 15 heavy (non-hydrogen) atoms. The Balaban J connectivity index is 3.18. The molecule has 1 unspecified atom stereocenters. The first-order chi connectivity index (χ1) is 6.86. The van der Waals surface area contributed by atoms with Gasteiger partial charge in [-0.25, -0.2) is 4.39 Å². The van der Waals surface area contributed by atoms with Gasteiger partial charge in [0, 0.05) is 10.5 Å². The fourth-order valence-corrected chi connectivity index (χ4v) is 2.27. The highest BCUT2D eigenvalue weighted by Gasteiger charge is 2.26. The van der Waals surface area contributed by atoms with Gasteiger partial charge in [-0.3, -0.25) is 0 Å². The summed E-state index contributed by atoms with van der Waals surface area (Å²) < 4.78 is 14.1. The third-order valence-corrected chi connectivity index (χ3v) is 3.15. The number of rotatable bonds is 2. The van der Waals surface area contributed by atoms with Crippen LogP contribution >= 0.6 is 15.9 Å². The van der Waals surface area contributed by atoms with E-state index in [-0.39, 0.29) is 17.3 Å². The molecule has 0 fully saturated rings. The summed E-state index contributed by atoms with van der Waals surface area (Å²) in [5.74, 6) is -0.197. The van der Waals surface area contributed by atoms with Crippen LogP contribution in [0.15, 0.2) is 22.7 Å². The van der Waals surface area contributed by atoms with Gasteiger partial charge < -0.3 is 5.32 Å². The highest BCUT2D eigenvalue weighted by Crippen LogP contribution is 2.36. The topological polar surface area (TPSA) is 12.0 Å². The lowest BCUT2D eigenvalue weighted by atomic mass is 9.82. The summed E-state index contributed by atoms with van der Waals surface area (Å²) in [7, 11) is 1.90. The van der Waals surface area contributed by atoms with E-state index in [1.54, 1.807) is 12.1 Å². The van der Waals surface area contributed by atoms with Gasteiger partial charge >= 0.3 is 0 Å². The van der Waals surface area contributed by atoms with E-state index in [9.17, 15) is 4.39 Å². The Morgan fingerprint density at radius 1 is 1.33 bits per heavy atom. The van der Waals surface area contributed by atoms with E-state index in [4.69, 9.17) is 0 Å². The number of nitrogens with one attached hydrogen (secondary N) is 1. The summed E-state index contributed by atoms with van der Waals surface area (Å²) >= 11 is 3.46. The van der Waals surface area contributed by atoms with Crippen LogP contribution in [0.1, 0.15) is 32.4 Å². The molecule has 1 aromatic rings. The van der Waals surface area contributed by atoms with E-state index in [0.717, 1.165) is 10.0 Å². The van der Waals surface area contributed by atoms with Gasteiger partial charge in [-0.05, 0) is 36.2 Å². The normalized spacial score (nSPS) is 14.0. The van der Waals surface area contributed by atoms with Crippen LogP contribution in [0.25, 0.3) is 0 Å². The molecule has 1 atom stereocenters. The van der Waals surface area contributed by atoms with E-state index >= 15 is 0 Å². The van der Waals surface area contributed by atoms with Crippen molar-refractivity contribution in [3.63, 3.8) is 0 Å². The van der Waals surface area contributed by atoms with E-state index < -0.39 is 0 Å². The van der Waals surface area contributed by atoms with E-state index in [2.05, 4.69) is 42.0 Å². The van der Waals surface area contributed by atoms with Gasteiger partial charge in [0.25, 0.3) is 0 Å². The van der Waals surface area contributed by atoms with E-state index in [1.165, 1.54) is 6.07 Å². The zero-order valence-electron chi connectivity index (χ0n) is 9.57. The SMILES string of the molecule is CNC(c1cc(F)ccc1Br)C(C)(C)C. The van der Waals surface area contributed by atoms with Gasteiger partial charge in [-0.15, -0.1) is 0 Å². The van der Waals surface area contributed by atoms with Gasteiger partial charge in [-0.2, -0.15) is 0 Å². The molecule has 0 aliphatic rings. The first-order valence-corrected chi connectivity index (χ1v) is 5.78. The Morgan fingerprint density at radius 2 is 1.93 bits per heavy atom. The summed E-state index contributed by atoms with van der Waals surface area (Å²) in [6.07, 6.45) is 0. The first-order valence-electron chi connectivity index (χ1n) is 4.98. The van der Waals surface area contributed by atoms with Crippen LogP contribution < -0.4 is 5.32 Å². The van der Waals surface area contributed by atoms with Crippen molar-refractivity contribution in [2.24, 2.45) is 5.41 Å². The third kappa shape index (κ3) is 3.02. The van der Waals surface area contributed by atoms with Crippen molar-refractivity contribution in [1.82, 2.24) is 5.32 Å². The van der Waals surface area contributed by atoms with Gasteiger partial charge in [0.2, 0.25) is 0 Å². The van der Waals surface area contributed by atoms with Gasteiger partial charge in [0.15, 0.2) is 0 Å². The number of hydrogen-bond acceptors (Lipinski definition) is 1. The van der Waals surface area contributed by atoms with Crippen LogP contribution in [0.2, 0.25) is 0 Å². The monoisotopic (exact) mass is 273 g/mol. The Labute approximate surface area is 99.2 Å². The second kappa shape index (κ2) is 4.62. The van der Waals surface area contributed by atoms with Crippen LogP contribution in [0.4, 0.5) is 4.39 Å². The van der Waals surface area contributed by atoms with Crippen molar-refractivity contribution < 1.29 is 4.39 Å². The maximum atomic E-state index is 13.2.